The first-order valence-electron chi connectivity index (χ1n) is 29.4. The molecule has 412 valence electrons. The van der Waals surface area contributed by atoms with Crippen LogP contribution in [0.25, 0.3) is 0 Å². The van der Waals surface area contributed by atoms with E-state index in [1.54, 1.807) is 0 Å². The van der Waals surface area contributed by atoms with Gasteiger partial charge in [0, 0.05) is 19.4 Å². The SMILES string of the molecule is CC/C=C\C/C=C\C/C=C\C/C=C\CCC(=O)OC(COC(=O)CCCCCCCCCCCCCCCCCCCCCCCCCCC/C=C\C/C=C\CCCCCCC)COP(=O)(O)OCCN. The number of nitrogens with two attached hydrogens (primary N) is 1. The summed E-state index contributed by atoms with van der Waals surface area (Å²) in [6.45, 7) is 3.54. The lowest BCUT2D eigenvalue weighted by Gasteiger charge is -2.19. The fourth-order valence-electron chi connectivity index (χ4n) is 8.27. The second kappa shape index (κ2) is 56.7. The molecule has 0 saturated heterocycles. The van der Waals surface area contributed by atoms with Gasteiger partial charge in [0.1, 0.15) is 6.61 Å². The van der Waals surface area contributed by atoms with Gasteiger partial charge in [0.15, 0.2) is 6.10 Å². The van der Waals surface area contributed by atoms with Crippen LogP contribution in [0, 0.1) is 0 Å². The Bertz CT molecular complexity index is 1390. The van der Waals surface area contributed by atoms with Crippen molar-refractivity contribution in [3.05, 3.63) is 72.9 Å². The molecular formula is C61H110NO8P. The molecule has 0 fully saturated rings. The Morgan fingerprint density at radius 1 is 0.437 bits per heavy atom. The van der Waals surface area contributed by atoms with E-state index in [1.807, 2.05) is 12.2 Å². The Morgan fingerprint density at radius 3 is 1.21 bits per heavy atom. The minimum absolute atomic E-state index is 0.0414. The average Bonchev–Trinajstić information content (AvgIpc) is 3.36. The fourth-order valence-corrected chi connectivity index (χ4v) is 9.04. The molecule has 0 rings (SSSR count). The van der Waals surface area contributed by atoms with Crippen molar-refractivity contribution < 1.29 is 37.6 Å². The summed E-state index contributed by atoms with van der Waals surface area (Å²) >= 11 is 0. The molecule has 0 heterocycles. The largest absolute Gasteiger partial charge is 0.472 e. The predicted octanol–water partition coefficient (Wildman–Crippen LogP) is 18.5. The van der Waals surface area contributed by atoms with E-state index >= 15 is 0 Å². The smallest absolute Gasteiger partial charge is 0.462 e. The zero-order valence-electron chi connectivity index (χ0n) is 45.9. The molecule has 71 heavy (non-hydrogen) atoms. The molecule has 0 aromatic rings. The molecule has 0 amide bonds. The number of rotatable bonds is 55. The van der Waals surface area contributed by atoms with Crippen LogP contribution in [0.15, 0.2) is 72.9 Å². The molecule has 9 nitrogen and oxygen atoms in total. The van der Waals surface area contributed by atoms with Gasteiger partial charge < -0.3 is 20.1 Å². The van der Waals surface area contributed by atoms with E-state index < -0.39 is 32.5 Å². The highest BCUT2D eigenvalue weighted by molar-refractivity contribution is 7.47. The number of phosphoric ester groups is 1. The molecule has 0 aliphatic carbocycles. The minimum Gasteiger partial charge on any atom is -0.462 e. The molecular weight excluding hydrogens is 906 g/mol. The van der Waals surface area contributed by atoms with Crippen molar-refractivity contribution in [2.24, 2.45) is 5.73 Å². The van der Waals surface area contributed by atoms with Gasteiger partial charge in [0.2, 0.25) is 0 Å². The molecule has 3 N–H and O–H groups in total. The summed E-state index contributed by atoms with van der Waals surface area (Å²) in [5.41, 5.74) is 5.36. The Kier molecular flexibility index (Phi) is 54.7. The van der Waals surface area contributed by atoms with Gasteiger partial charge in [0.25, 0.3) is 0 Å². The van der Waals surface area contributed by atoms with Crippen LogP contribution in [0.4, 0.5) is 0 Å². The number of phosphoric acid groups is 1. The van der Waals surface area contributed by atoms with E-state index in [2.05, 4.69) is 74.6 Å². The van der Waals surface area contributed by atoms with Gasteiger partial charge in [-0.15, -0.1) is 0 Å². The van der Waals surface area contributed by atoms with Gasteiger partial charge >= 0.3 is 19.8 Å². The van der Waals surface area contributed by atoms with Gasteiger partial charge in [-0.25, -0.2) is 4.57 Å². The summed E-state index contributed by atoms with van der Waals surface area (Å²) in [7, 11) is -4.40. The molecule has 0 aromatic heterocycles. The number of carbonyl (C=O) groups is 2. The molecule has 0 radical (unpaired) electrons. The van der Waals surface area contributed by atoms with Crippen molar-refractivity contribution in [3.8, 4) is 0 Å². The normalized spacial score (nSPS) is 13.6. The van der Waals surface area contributed by atoms with Gasteiger partial charge in [-0.2, -0.15) is 0 Å². The minimum atomic E-state index is -4.40. The fraction of sp³-hybridized carbons (Fsp3) is 0.770. The Hall–Kier alpha value is -2.55. The molecule has 2 unspecified atom stereocenters. The second-order valence-corrected chi connectivity index (χ2v) is 20.9. The number of hydrogen-bond acceptors (Lipinski definition) is 8. The van der Waals surface area contributed by atoms with Gasteiger partial charge in [-0.05, 0) is 70.6 Å². The summed E-state index contributed by atoms with van der Waals surface area (Å²) in [6.07, 6.45) is 73.1. The summed E-state index contributed by atoms with van der Waals surface area (Å²) in [5, 5.41) is 0. The average molecular weight is 1020 g/mol. The van der Waals surface area contributed by atoms with E-state index in [-0.39, 0.29) is 32.6 Å². The van der Waals surface area contributed by atoms with Crippen LogP contribution < -0.4 is 5.73 Å². The van der Waals surface area contributed by atoms with Crippen LogP contribution in [0.2, 0.25) is 0 Å². The Morgan fingerprint density at radius 2 is 0.803 bits per heavy atom. The zero-order chi connectivity index (χ0) is 51.7. The van der Waals surface area contributed by atoms with Crippen LogP contribution >= 0.6 is 7.82 Å². The molecule has 0 aromatic carbocycles. The first-order chi connectivity index (χ1) is 34.8. The molecule has 0 aliphatic rings. The number of carbonyl (C=O) groups excluding carboxylic acids is 2. The molecule has 0 spiro atoms. The lowest BCUT2D eigenvalue weighted by Crippen LogP contribution is -2.29. The maximum absolute atomic E-state index is 12.6. The summed E-state index contributed by atoms with van der Waals surface area (Å²) in [5.74, 6) is -0.917. The van der Waals surface area contributed by atoms with Crippen LogP contribution in [-0.4, -0.2) is 49.3 Å². The number of esters is 2. The van der Waals surface area contributed by atoms with Gasteiger partial charge in [-0.3, -0.25) is 18.6 Å². The highest BCUT2D eigenvalue weighted by Gasteiger charge is 2.26. The van der Waals surface area contributed by atoms with E-state index in [9.17, 15) is 19.0 Å². The first kappa shape index (κ1) is 68.5. The molecule has 0 aliphatic heterocycles. The first-order valence-corrected chi connectivity index (χ1v) is 30.9. The van der Waals surface area contributed by atoms with Crippen LogP contribution in [0.3, 0.4) is 0 Å². The highest BCUT2D eigenvalue weighted by Crippen LogP contribution is 2.43. The van der Waals surface area contributed by atoms with Crippen molar-refractivity contribution in [1.82, 2.24) is 0 Å². The highest BCUT2D eigenvalue weighted by atomic mass is 31.2. The van der Waals surface area contributed by atoms with E-state index in [4.69, 9.17) is 24.3 Å². The third kappa shape index (κ3) is 56.6. The summed E-state index contributed by atoms with van der Waals surface area (Å²) in [6, 6.07) is 0. The van der Waals surface area contributed by atoms with Crippen molar-refractivity contribution in [2.75, 3.05) is 26.4 Å². The third-order valence-corrected chi connectivity index (χ3v) is 13.6. The van der Waals surface area contributed by atoms with Crippen LogP contribution in [0.5, 0.6) is 0 Å². The topological polar surface area (TPSA) is 134 Å². The van der Waals surface area contributed by atoms with Crippen molar-refractivity contribution in [3.63, 3.8) is 0 Å². The van der Waals surface area contributed by atoms with E-state index in [1.165, 1.54) is 186 Å². The molecule has 10 heteroatoms. The number of unbranched alkanes of at least 4 members (excludes halogenated alkanes) is 30. The number of hydrogen-bond donors (Lipinski definition) is 2. The lowest BCUT2D eigenvalue weighted by molar-refractivity contribution is -0.161. The lowest BCUT2D eigenvalue weighted by atomic mass is 10.0. The van der Waals surface area contributed by atoms with Crippen LogP contribution in [-0.2, 0) is 32.7 Å². The van der Waals surface area contributed by atoms with Crippen LogP contribution in [0.1, 0.15) is 271 Å². The summed E-state index contributed by atoms with van der Waals surface area (Å²) in [4.78, 5) is 35.0. The predicted molar refractivity (Wildman–Crippen MR) is 302 cm³/mol. The maximum Gasteiger partial charge on any atom is 0.472 e. The Labute approximate surface area is 437 Å². The van der Waals surface area contributed by atoms with Crippen molar-refractivity contribution in [1.29, 1.82) is 0 Å². The van der Waals surface area contributed by atoms with Crippen molar-refractivity contribution in [2.45, 2.75) is 277 Å². The van der Waals surface area contributed by atoms with Gasteiger partial charge in [-0.1, -0.05) is 260 Å². The van der Waals surface area contributed by atoms with Gasteiger partial charge in [0.05, 0.1) is 13.2 Å². The van der Waals surface area contributed by atoms with E-state index in [0.29, 0.717) is 6.42 Å². The molecule has 0 bridgehead atoms. The maximum atomic E-state index is 12.6. The zero-order valence-corrected chi connectivity index (χ0v) is 46.8. The quantitative estimate of drug-likeness (QED) is 0.0264. The molecule has 0 saturated carbocycles. The Balaban J connectivity index is 3.79. The van der Waals surface area contributed by atoms with E-state index in [0.717, 1.165) is 51.4 Å². The molecule has 2 atom stereocenters. The third-order valence-electron chi connectivity index (χ3n) is 12.6. The van der Waals surface area contributed by atoms with Crippen molar-refractivity contribution >= 4 is 19.8 Å². The standard InChI is InChI=1S/C61H110NO8P/c1-3-5-7-9-11-13-15-17-18-19-20-21-22-23-24-25-26-27-28-29-30-31-32-33-34-35-36-37-38-39-40-42-43-45-47-49-51-53-60(63)67-57-59(58-69-71(65,66)68-56-55-62)70-61(64)54-52-50-48-46-44-41-16-14-12-10-8-6-4-2/h6,8,12,14-15,17,19-20,41,44,48,50,59H,3-5,7,9-11,13,16,18,21-40,42-43,45-47,49,51-58,62H2,1-2H3,(H,65,66)/b8-6-,14-12-,17-15-,20-19-,44-41-,50-48-. The monoisotopic (exact) mass is 1020 g/mol. The summed E-state index contributed by atoms with van der Waals surface area (Å²) < 4.78 is 32.8. The number of allylic oxidation sites excluding steroid dienone is 12. The second-order valence-electron chi connectivity index (χ2n) is 19.5. The number of ether oxygens (including phenoxy) is 2.